The normalized spacial score (nSPS) is 11.0. The zero-order valence-corrected chi connectivity index (χ0v) is 19.4. The van der Waals surface area contributed by atoms with Gasteiger partial charge in [-0.15, -0.1) is 0 Å². The number of alkyl carbamates (subject to hydrolysis) is 1. The van der Waals surface area contributed by atoms with Gasteiger partial charge in [0.1, 0.15) is 18.0 Å². The molecule has 1 amide bonds. The summed E-state index contributed by atoms with van der Waals surface area (Å²) in [6.45, 7) is 5.30. The lowest BCUT2D eigenvalue weighted by atomic mass is 10.1. The lowest BCUT2D eigenvalue weighted by Gasteiger charge is -2.19. The molecule has 9 heteroatoms. The zero-order chi connectivity index (χ0) is 24.6. The molecule has 0 bridgehead atoms. The van der Waals surface area contributed by atoms with E-state index in [2.05, 4.69) is 10.3 Å². The molecule has 0 unspecified atom stereocenters. The van der Waals surface area contributed by atoms with Crippen LogP contribution < -0.4 is 10.1 Å². The average Bonchev–Trinajstić information content (AvgIpc) is 3.18. The van der Waals surface area contributed by atoms with Crippen molar-refractivity contribution in [1.29, 1.82) is 0 Å². The maximum Gasteiger partial charge on any atom is 0.514 e. The van der Waals surface area contributed by atoms with Crippen LogP contribution in [0.3, 0.4) is 0 Å². The largest absolute Gasteiger partial charge is 0.514 e. The van der Waals surface area contributed by atoms with Crippen LogP contribution in [-0.2, 0) is 32.0 Å². The number of fused-ring (bicyclic) bond motifs is 1. The summed E-state index contributed by atoms with van der Waals surface area (Å²) in [6, 6.07) is 14.2. The number of aromatic amines is 1. The van der Waals surface area contributed by atoms with E-state index in [9.17, 15) is 14.4 Å². The summed E-state index contributed by atoms with van der Waals surface area (Å²) < 4.78 is 20.3. The molecule has 9 nitrogen and oxygen atoms in total. The molecule has 34 heavy (non-hydrogen) atoms. The van der Waals surface area contributed by atoms with Crippen LogP contribution in [0.1, 0.15) is 31.9 Å². The summed E-state index contributed by atoms with van der Waals surface area (Å²) in [5.74, 6) is -0.419. The van der Waals surface area contributed by atoms with Crippen molar-refractivity contribution in [3.05, 3.63) is 65.9 Å². The first kappa shape index (κ1) is 24.6. The Labute approximate surface area is 197 Å². The van der Waals surface area contributed by atoms with E-state index < -0.39 is 30.4 Å². The molecule has 180 valence electrons. The Balaban J connectivity index is 1.47. The molecule has 0 radical (unpaired) electrons. The van der Waals surface area contributed by atoms with Gasteiger partial charge in [0.25, 0.3) is 0 Å². The number of rotatable bonds is 8. The van der Waals surface area contributed by atoms with E-state index in [4.69, 9.17) is 18.9 Å². The third kappa shape index (κ3) is 7.84. The SMILES string of the molecule is CC(C)(C)OC(=O)NCCc1c[nH]c2ccc(OC(=O)OCC(=O)OCc3ccccc3)cc12. The number of benzene rings is 2. The molecule has 0 aliphatic carbocycles. The van der Waals surface area contributed by atoms with Crippen molar-refractivity contribution in [3.8, 4) is 5.75 Å². The van der Waals surface area contributed by atoms with E-state index in [0.29, 0.717) is 13.0 Å². The van der Waals surface area contributed by atoms with Gasteiger partial charge in [0.2, 0.25) is 0 Å². The molecule has 0 saturated carbocycles. The highest BCUT2D eigenvalue weighted by Crippen LogP contribution is 2.24. The Hall–Kier alpha value is -4.01. The molecule has 1 heterocycles. The summed E-state index contributed by atoms with van der Waals surface area (Å²) in [7, 11) is 0. The minimum atomic E-state index is -1.01. The van der Waals surface area contributed by atoms with Crippen LogP contribution in [0.2, 0.25) is 0 Å². The van der Waals surface area contributed by atoms with E-state index in [1.54, 1.807) is 39.0 Å². The van der Waals surface area contributed by atoms with Gasteiger partial charge in [-0.3, -0.25) is 0 Å². The number of nitrogens with one attached hydrogen (secondary N) is 2. The van der Waals surface area contributed by atoms with Gasteiger partial charge in [-0.05, 0) is 56.5 Å². The van der Waals surface area contributed by atoms with Crippen molar-refractivity contribution in [2.75, 3.05) is 13.2 Å². The summed E-state index contributed by atoms with van der Waals surface area (Å²) in [5, 5.41) is 3.54. The van der Waals surface area contributed by atoms with Gasteiger partial charge in [-0.1, -0.05) is 30.3 Å². The van der Waals surface area contributed by atoms with E-state index in [1.807, 2.05) is 36.5 Å². The van der Waals surface area contributed by atoms with Gasteiger partial charge in [0, 0.05) is 23.6 Å². The van der Waals surface area contributed by atoms with E-state index in [1.165, 1.54) is 0 Å². The molecular weight excluding hydrogens is 440 g/mol. The number of hydrogen-bond donors (Lipinski definition) is 2. The van der Waals surface area contributed by atoms with Crippen LogP contribution in [0.25, 0.3) is 10.9 Å². The van der Waals surface area contributed by atoms with Crippen molar-refractivity contribution in [2.45, 2.75) is 39.4 Å². The molecule has 2 N–H and O–H groups in total. The fourth-order valence-electron chi connectivity index (χ4n) is 3.06. The van der Waals surface area contributed by atoms with Crippen LogP contribution in [0.4, 0.5) is 9.59 Å². The molecule has 3 aromatic rings. The van der Waals surface area contributed by atoms with Crippen molar-refractivity contribution >= 4 is 29.1 Å². The predicted molar refractivity (Wildman–Crippen MR) is 124 cm³/mol. The molecule has 0 saturated heterocycles. The van der Waals surface area contributed by atoms with E-state index in [-0.39, 0.29) is 12.4 Å². The first-order chi connectivity index (χ1) is 16.2. The molecule has 0 aliphatic heterocycles. The first-order valence-corrected chi connectivity index (χ1v) is 10.8. The van der Waals surface area contributed by atoms with Crippen molar-refractivity contribution in [1.82, 2.24) is 10.3 Å². The quantitative estimate of drug-likeness (QED) is 0.284. The molecule has 0 atom stereocenters. The zero-order valence-electron chi connectivity index (χ0n) is 19.4. The molecule has 0 spiro atoms. The minimum absolute atomic E-state index is 0.0911. The summed E-state index contributed by atoms with van der Waals surface area (Å²) in [6.07, 6.45) is 0.869. The molecular formula is C25H28N2O7. The molecule has 3 rings (SSSR count). The van der Waals surface area contributed by atoms with Crippen LogP contribution >= 0.6 is 0 Å². The monoisotopic (exact) mass is 468 g/mol. The van der Waals surface area contributed by atoms with Gasteiger partial charge >= 0.3 is 18.2 Å². The second-order valence-electron chi connectivity index (χ2n) is 8.49. The Morgan fingerprint density at radius 2 is 1.76 bits per heavy atom. The molecule has 0 aliphatic rings. The van der Waals surface area contributed by atoms with Crippen molar-refractivity contribution in [3.63, 3.8) is 0 Å². The molecule has 0 fully saturated rings. The number of carbonyl (C=O) groups is 3. The van der Waals surface area contributed by atoms with Crippen molar-refractivity contribution in [2.24, 2.45) is 0 Å². The van der Waals surface area contributed by atoms with E-state index >= 15 is 0 Å². The maximum absolute atomic E-state index is 12.0. The van der Waals surface area contributed by atoms with Crippen LogP contribution in [0, 0.1) is 0 Å². The summed E-state index contributed by atoms with van der Waals surface area (Å²) in [4.78, 5) is 38.7. The number of H-pyrrole nitrogens is 1. The lowest BCUT2D eigenvalue weighted by molar-refractivity contribution is -0.148. The Bertz CT molecular complexity index is 1130. The van der Waals surface area contributed by atoms with Gasteiger partial charge in [0.15, 0.2) is 6.61 Å². The lowest BCUT2D eigenvalue weighted by Crippen LogP contribution is -2.33. The summed E-state index contributed by atoms with van der Waals surface area (Å²) >= 11 is 0. The van der Waals surface area contributed by atoms with Crippen LogP contribution in [0.5, 0.6) is 5.75 Å². The second kappa shape index (κ2) is 11.2. The topological polar surface area (TPSA) is 116 Å². The number of ether oxygens (including phenoxy) is 4. The third-order valence-electron chi connectivity index (χ3n) is 4.55. The number of carbonyl (C=O) groups excluding carboxylic acids is 3. The highest BCUT2D eigenvalue weighted by molar-refractivity contribution is 5.85. The number of hydrogen-bond acceptors (Lipinski definition) is 7. The highest BCUT2D eigenvalue weighted by Gasteiger charge is 2.16. The summed E-state index contributed by atoms with van der Waals surface area (Å²) in [5.41, 5.74) is 2.03. The van der Waals surface area contributed by atoms with Crippen molar-refractivity contribution < 1.29 is 33.3 Å². The Kier molecular flexibility index (Phi) is 8.13. The molecule has 1 aromatic heterocycles. The van der Waals surface area contributed by atoms with Gasteiger partial charge in [-0.25, -0.2) is 14.4 Å². The first-order valence-electron chi connectivity index (χ1n) is 10.8. The fourth-order valence-corrected chi connectivity index (χ4v) is 3.06. The average molecular weight is 469 g/mol. The fraction of sp³-hybridized carbons (Fsp3) is 0.320. The highest BCUT2D eigenvalue weighted by atomic mass is 16.7. The standard InChI is InChI=1S/C25H28N2O7/c1-25(2,3)34-23(29)26-12-11-18-14-27-21-10-9-19(13-20(18)21)33-24(30)32-16-22(28)31-15-17-7-5-4-6-8-17/h4-10,13-14,27H,11-12,15-16H2,1-3H3,(H,26,29). The number of aromatic nitrogens is 1. The van der Waals surface area contributed by atoms with Gasteiger partial charge in [-0.2, -0.15) is 0 Å². The van der Waals surface area contributed by atoms with Crippen LogP contribution in [-0.4, -0.2) is 42.0 Å². The predicted octanol–water partition coefficient (Wildman–Crippen LogP) is 4.49. The number of esters is 1. The Morgan fingerprint density at radius 1 is 1.00 bits per heavy atom. The Morgan fingerprint density at radius 3 is 2.50 bits per heavy atom. The van der Waals surface area contributed by atoms with Gasteiger partial charge in [0.05, 0.1) is 0 Å². The van der Waals surface area contributed by atoms with Crippen LogP contribution in [0.15, 0.2) is 54.7 Å². The maximum atomic E-state index is 12.0. The molecule has 2 aromatic carbocycles. The smallest absolute Gasteiger partial charge is 0.458 e. The second-order valence-corrected chi connectivity index (χ2v) is 8.49. The number of amides is 1. The van der Waals surface area contributed by atoms with Gasteiger partial charge < -0.3 is 29.2 Å². The third-order valence-corrected chi connectivity index (χ3v) is 4.55. The van der Waals surface area contributed by atoms with E-state index in [0.717, 1.165) is 22.0 Å². The minimum Gasteiger partial charge on any atom is -0.458 e.